The van der Waals surface area contributed by atoms with Gasteiger partial charge in [0.1, 0.15) is 17.2 Å². The van der Waals surface area contributed by atoms with Gasteiger partial charge in [-0.15, -0.1) is 11.3 Å². The van der Waals surface area contributed by atoms with E-state index in [1.165, 1.54) is 4.88 Å². The lowest BCUT2D eigenvalue weighted by Crippen LogP contribution is -2.36. The van der Waals surface area contributed by atoms with E-state index in [0.29, 0.717) is 13.1 Å². The maximum Gasteiger partial charge on any atom is 0.191 e. The average Bonchev–Trinajstić information content (AvgIpc) is 3.27. The molecule has 2 N–H and O–H groups in total. The van der Waals surface area contributed by atoms with Crippen LogP contribution in [-0.2, 0) is 13.1 Å². The van der Waals surface area contributed by atoms with Crippen LogP contribution in [-0.4, -0.2) is 32.5 Å². The quantitative estimate of drug-likeness (QED) is 0.547. The highest BCUT2D eigenvalue weighted by atomic mass is 32.1. The molecule has 3 aromatic rings. The Bertz CT molecular complexity index is 807. The molecule has 3 aromatic heterocycles. The monoisotopic (exact) mass is 341 g/mol. The van der Waals surface area contributed by atoms with Crippen LogP contribution in [0.15, 0.2) is 48.2 Å². The van der Waals surface area contributed by atoms with Crippen LogP contribution in [0, 0.1) is 6.92 Å². The van der Waals surface area contributed by atoms with Gasteiger partial charge in [-0.3, -0.25) is 9.56 Å². The standard InChI is InChI=1S/C16H19N7S/c1-12-8-20-15(24-12)10-22-16(17-2)21-9-13-3-4-19-14(7-13)23-6-5-18-11-23/h3-8,11H,9-10H2,1-2H3,(H2,17,21,22). The Morgan fingerprint density at radius 1 is 1.25 bits per heavy atom. The van der Waals surface area contributed by atoms with Crippen molar-refractivity contribution in [1.29, 1.82) is 0 Å². The third kappa shape index (κ3) is 4.17. The number of aryl methyl sites for hydroxylation is 1. The molecule has 7 nitrogen and oxygen atoms in total. The summed E-state index contributed by atoms with van der Waals surface area (Å²) in [5.41, 5.74) is 1.11. The normalized spacial score (nSPS) is 11.5. The number of aliphatic imine (C=N–C) groups is 1. The lowest BCUT2D eigenvalue weighted by atomic mass is 10.2. The number of guanidine groups is 1. The zero-order valence-electron chi connectivity index (χ0n) is 13.6. The smallest absolute Gasteiger partial charge is 0.191 e. The topological polar surface area (TPSA) is 80.0 Å². The zero-order chi connectivity index (χ0) is 16.8. The van der Waals surface area contributed by atoms with Crippen molar-refractivity contribution in [2.24, 2.45) is 4.99 Å². The summed E-state index contributed by atoms with van der Waals surface area (Å²) >= 11 is 1.68. The second-order valence-corrected chi connectivity index (χ2v) is 6.46. The van der Waals surface area contributed by atoms with E-state index < -0.39 is 0 Å². The van der Waals surface area contributed by atoms with Gasteiger partial charge in [0.05, 0.1) is 6.54 Å². The van der Waals surface area contributed by atoms with Gasteiger partial charge in [0.2, 0.25) is 0 Å². The van der Waals surface area contributed by atoms with Gasteiger partial charge in [0.25, 0.3) is 0 Å². The predicted octanol–water partition coefficient (Wildman–Crippen LogP) is 1.90. The summed E-state index contributed by atoms with van der Waals surface area (Å²) in [4.78, 5) is 18.2. The SMILES string of the molecule is CN=C(NCc1ccnc(-n2ccnc2)c1)NCc1ncc(C)s1. The third-order valence-corrected chi connectivity index (χ3v) is 4.25. The van der Waals surface area contributed by atoms with Crippen LogP contribution in [0.3, 0.4) is 0 Å². The first kappa shape index (κ1) is 16.1. The summed E-state index contributed by atoms with van der Waals surface area (Å²) in [7, 11) is 1.76. The molecule has 0 aliphatic carbocycles. The Kier molecular flexibility index (Phi) is 5.17. The molecule has 0 aliphatic heterocycles. The first-order chi connectivity index (χ1) is 11.7. The minimum absolute atomic E-state index is 0.654. The fourth-order valence-electron chi connectivity index (χ4n) is 2.16. The molecule has 24 heavy (non-hydrogen) atoms. The molecule has 0 radical (unpaired) electrons. The Morgan fingerprint density at radius 3 is 2.83 bits per heavy atom. The lowest BCUT2D eigenvalue weighted by Gasteiger charge is -2.11. The van der Waals surface area contributed by atoms with E-state index in [-0.39, 0.29) is 0 Å². The maximum atomic E-state index is 4.35. The molecule has 3 heterocycles. The first-order valence-corrected chi connectivity index (χ1v) is 8.35. The largest absolute Gasteiger partial charge is 0.352 e. The molecule has 0 unspecified atom stereocenters. The number of hydrogen-bond acceptors (Lipinski definition) is 5. The summed E-state index contributed by atoms with van der Waals surface area (Å²) in [6.45, 7) is 3.37. The fourth-order valence-corrected chi connectivity index (χ4v) is 2.88. The minimum atomic E-state index is 0.654. The van der Waals surface area contributed by atoms with Gasteiger partial charge in [-0.2, -0.15) is 0 Å². The van der Waals surface area contributed by atoms with Crippen LogP contribution in [0.5, 0.6) is 0 Å². The molecule has 0 bridgehead atoms. The third-order valence-electron chi connectivity index (χ3n) is 3.34. The van der Waals surface area contributed by atoms with Crippen molar-refractivity contribution in [3.05, 3.63) is 58.7 Å². The van der Waals surface area contributed by atoms with Gasteiger partial charge >= 0.3 is 0 Å². The summed E-state index contributed by atoms with van der Waals surface area (Å²) < 4.78 is 1.88. The average molecular weight is 341 g/mol. The van der Waals surface area contributed by atoms with Crippen LogP contribution >= 0.6 is 11.3 Å². The van der Waals surface area contributed by atoms with Crippen molar-refractivity contribution in [3.8, 4) is 5.82 Å². The second kappa shape index (κ2) is 7.69. The van der Waals surface area contributed by atoms with E-state index in [1.807, 2.05) is 29.1 Å². The Labute approximate surface area is 144 Å². The summed E-state index contributed by atoms with van der Waals surface area (Å²) in [5, 5.41) is 7.61. The van der Waals surface area contributed by atoms with Crippen LogP contribution < -0.4 is 10.6 Å². The van der Waals surface area contributed by atoms with Crippen molar-refractivity contribution in [2.75, 3.05) is 7.05 Å². The van der Waals surface area contributed by atoms with Crippen molar-refractivity contribution in [2.45, 2.75) is 20.0 Å². The van der Waals surface area contributed by atoms with Crippen molar-refractivity contribution < 1.29 is 0 Å². The molecule has 3 rings (SSSR count). The summed E-state index contributed by atoms with van der Waals surface area (Å²) in [5.74, 6) is 1.58. The van der Waals surface area contributed by atoms with Gasteiger partial charge in [0.15, 0.2) is 5.96 Å². The Balaban J connectivity index is 1.56. The molecule has 0 saturated heterocycles. The van der Waals surface area contributed by atoms with Crippen molar-refractivity contribution in [1.82, 2.24) is 30.2 Å². The van der Waals surface area contributed by atoms with Crippen molar-refractivity contribution >= 4 is 17.3 Å². The van der Waals surface area contributed by atoms with Gasteiger partial charge in [0, 0.05) is 43.3 Å². The number of nitrogens with zero attached hydrogens (tertiary/aromatic N) is 5. The Hall–Kier alpha value is -2.74. The highest BCUT2D eigenvalue weighted by Gasteiger charge is 2.03. The van der Waals surface area contributed by atoms with Crippen molar-refractivity contribution in [3.63, 3.8) is 0 Å². The lowest BCUT2D eigenvalue weighted by molar-refractivity contribution is 0.802. The number of imidazole rings is 1. The molecule has 8 heteroatoms. The van der Waals surface area contributed by atoms with E-state index in [2.05, 4.69) is 37.5 Å². The van der Waals surface area contributed by atoms with E-state index in [1.54, 1.807) is 37.1 Å². The molecular formula is C16H19N7S. The second-order valence-electron chi connectivity index (χ2n) is 5.14. The number of rotatable bonds is 5. The van der Waals surface area contributed by atoms with Gasteiger partial charge < -0.3 is 10.6 Å². The van der Waals surface area contributed by atoms with Crippen LogP contribution in [0.2, 0.25) is 0 Å². The highest BCUT2D eigenvalue weighted by Crippen LogP contribution is 2.10. The minimum Gasteiger partial charge on any atom is -0.352 e. The van der Waals surface area contributed by atoms with Gasteiger partial charge in [-0.05, 0) is 24.6 Å². The van der Waals surface area contributed by atoms with Crippen LogP contribution in [0.1, 0.15) is 15.4 Å². The Morgan fingerprint density at radius 2 is 2.12 bits per heavy atom. The van der Waals surface area contributed by atoms with Crippen LogP contribution in [0.25, 0.3) is 5.82 Å². The fraction of sp³-hybridized carbons (Fsp3) is 0.250. The number of hydrogen-bond donors (Lipinski definition) is 2. The molecule has 0 amide bonds. The van der Waals surface area contributed by atoms with E-state index in [0.717, 1.165) is 22.3 Å². The molecule has 124 valence electrons. The van der Waals surface area contributed by atoms with Gasteiger partial charge in [-0.1, -0.05) is 0 Å². The zero-order valence-corrected chi connectivity index (χ0v) is 14.4. The van der Waals surface area contributed by atoms with E-state index in [9.17, 15) is 0 Å². The predicted molar refractivity (Wildman–Crippen MR) is 95.2 cm³/mol. The first-order valence-electron chi connectivity index (χ1n) is 7.53. The molecule has 0 aromatic carbocycles. The number of thiazole rings is 1. The highest BCUT2D eigenvalue weighted by molar-refractivity contribution is 7.11. The molecule has 0 spiro atoms. The molecule has 0 saturated carbocycles. The van der Waals surface area contributed by atoms with E-state index in [4.69, 9.17) is 0 Å². The molecule has 0 atom stereocenters. The number of nitrogens with one attached hydrogen (secondary N) is 2. The summed E-state index contributed by atoms with van der Waals surface area (Å²) in [6.07, 6.45) is 9.01. The van der Waals surface area contributed by atoms with E-state index >= 15 is 0 Å². The molecule has 0 aliphatic rings. The number of pyridine rings is 1. The number of aromatic nitrogens is 4. The maximum absolute atomic E-state index is 4.35. The molecule has 0 fully saturated rings. The summed E-state index contributed by atoms with van der Waals surface area (Å²) in [6, 6.07) is 4.00. The van der Waals surface area contributed by atoms with Crippen LogP contribution in [0.4, 0.5) is 0 Å². The molecular weight excluding hydrogens is 322 g/mol. The van der Waals surface area contributed by atoms with Gasteiger partial charge in [-0.25, -0.2) is 15.0 Å².